The van der Waals surface area contributed by atoms with Gasteiger partial charge in [0.2, 0.25) is 0 Å². The molecule has 1 fully saturated rings. The molecule has 1 aliphatic carbocycles. The highest BCUT2D eigenvalue weighted by Gasteiger charge is 2.30. The van der Waals surface area contributed by atoms with Crippen LogP contribution in [0, 0.1) is 17.8 Å². The molecule has 0 bridgehead atoms. The second-order valence-electron chi connectivity index (χ2n) is 7.36. The lowest BCUT2D eigenvalue weighted by atomic mass is 9.83. The van der Waals surface area contributed by atoms with Gasteiger partial charge in [0.15, 0.2) is 0 Å². The first-order chi connectivity index (χ1) is 8.93. The summed E-state index contributed by atoms with van der Waals surface area (Å²) in [6.45, 7) is 14.0. The first kappa shape index (κ1) is 17.0. The van der Waals surface area contributed by atoms with Crippen molar-refractivity contribution in [2.75, 3.05) is 20.1 Å². The van der Waals surface area contributed by atoms with E-state index in [0.29, 0.717) is 6.04 Å². The van der Waals surface area contributed by atoms with Gasteiger partial charge in [-0.15, -0.1) is 0 Å². The third-order valence-electron chi connectivity index (χ3n) is 4.79. The molecule has 1 N–H and O–H groups in total. The predicted octanol–water partition coefficient (Wildman–Crippen LogP) is 3.77. The van der Waals surface area contributed by atoms with Gasteiger partial charge in [0.25, 0.3) is 0 Å². The van der Waals surface area contributed by atoms with Gasteiger partial charge in [-0.1, -0.05) is 47.5 Å². The van der Waals surface area contributed by atoms with E-state index >= 15 is 0 Å². The number of rotatable bonds is 7. The molecule has 1 saturated carbocycles. The topological polar surface area (TPSA) is 15.3 Å². The summed E-state index contributed by atoms with van der Waals surface area (Å²) in [4.78, 5) is 2.68. The lowest BCUT2D eigenvalue weighted by Crippen LogP contribution is -2.51. The van der Waals surface area contributed by atoms with Crippen LogP contribution in [-0.2, 0) is 0 Å². The van der Waals surface area contributed by atoms with E-state index in [2.05, 4.69) is 51.9 Å². The summed E-state index contributed by atoms with van der Waals surface area (Å²) >= 11 is 0. The minimum absolute atomic E-state index is 0.671. The van der Waals surface area contributed by atoms with Gasteiger partial charge < -0.3 is 5.32 Å². The number of hydrogen-bond acceptors (Lipinski definition) is 2. The molecule has 3 atom stereocenters. The van der Waals surface area contributed by atoms with Gasteiger partial charge >= 0.3 is 0 Å². The third-order valence-corrected chi connectivity index (χ3v) is 4.79. The number of nitrogens with one attached hydrogen (secondary N) is 1. The summed E-state index contributed by atoms with van der Waals surface area (Å²) in [5.74, 6) is 2.33. The van der Waals surface area contributed by atoms with Gasteiger partial charge in [-0.25, -0.2) is 0 Å². The van der Waals surface area contributed by atoms with E-state index < -0.39 is 0 Å². The lowest BCUT2D eigenvalue weighted by Gasteiger charge is -2.42. The van der Waals surface area contributed by atoms with Crippen molar-refractivity contribution < 1.29 is 0 Å². The summed E-state index contributed by atoms with van der Waals surface area (Å²) < 4.78 is 0. The summed E-state index contributed by atoms with van der Waals surface area (Å²) in [6, 6.07) is 1.46. The van der Waals surface area contributed by atoms with Crippen LogP contribution in [0.25, 0.3) is 0 Å². The minimum atomic E-state index is 0.671. The van der Waals surface area contributed by atoms with Crippen molar-refractivity contribution in [2.45, 2.75) is 72.4 Å². The molecule has 0 spiro atoms. The van der Waals surface area contributed by atoms with Crippen molar-refractivity contribution in [3.8, 4) is 0 Å². The molecule has 0 aromatic rings. The SMILES string of the molecule is CC(C)CNCC(C(C)C)N(C)C1CCCCC1C. The van der Waals surface area contributed by atoms with Crippen LogP contribution in [0.4, 0.5) is 0 Å². The fourth-order valence-electron chi connectivity index (χ4n) is 3.52. The maximum Gasteiger partial charge on any atom is 0.0243 e. The number of nitrogens with zero attached hydrogens (tertiary/aromatic N) is 1. The van der Waals surface area contributed by atoms with Crippen molar-refractivity contribution in [3.05, 3.63) is 0 Å². The van der Waals surface area contributed by atoms with Gasteiger partial charge in [-0.2, -0.15) is 0 Å². The van der Waals surface area contributed by atoms with Crippen LogP contribution in [0.1, 0.15) is 60.3 Å². The average Bonchev–Trinajstić information content (AvgIpc) is 2.33. The second-order valence-corrected chi connectivity index (χ2v) is 7.36. The van der Waals surface area contributed by atoms with Gasteiger partial charge in [0.05, 0.1) is 0 Å². The Kier molecular flexibility index (Phi) is 7.38. The molecule has 0 heterocycles. The minimum Gasteiger partial charge on any atom is -0.315 e. The zero-order chi connectivity index (χ0) is 14.4. The largest absolute Gasteiger partial charge is 0.315 e. The Balaban J connectivity index is 2.53. The van der Waals surface area contributed by atoms with Crippen LogP contribution in [0.15, 0.2) is 0 Å². The maximum absolute atomic E-state index is 3.66. The molecular formula is C17H36N2. The molecule has 0 aromatic carbocycles. The zero-order valence-electron chi connectivity index (χ0n) is 14.1. The van der Waals surface area contributed by atoms with Crippen molar-refractivity contribution in [1.29, 1.82) is 0 Å². The summed E-state index contributed by atoms with van der Waals surface area (Å²) in [5.41, 5.74) is 0. The average molecular weight is 268 g/mol. The highest BCUT2D eigenvalue weighted by atomic mass is 15.2. The molecule has 1 aliphatic rings. The molecule has 0 aromatic heterocycles. The van der Waals surface area contributed by atoms with Crippen molar-refractivity contribution in [2.24, 2.45) is 17.8 Å². The Hall–Kier alpha value is -0.0800. The second kappa shape index (κ2) is 8.26. The number of likely N-dealkylation sites (N-methyl/N-ethyl adjacent to an activating group) is 1. The molecule has 114 valence electrons. The van der Waals surface area contributed by atoms with Gasteiger partial charge in [0, 0.05) is 18.6 Å². The Morgan fingerprint density at radius 1 is 1.05 bits per heavy atom. The van der Waals surface area contributed by atoms with Crippen molar-refractivity contribution in [3.63, 3.8) is 0 Å². The zero-order valence-corrected chi connectivity index (χ0v) is 14.1. The predicted molar refractivity (Wildman–Crippen MR) is 85.5 cm³/mol. The van der Waals surface area contributed by atoms with E-state index in [1.165, 1.54) is 25.7 Å². The molecular weight excluding hydrogens is 232 g/mol. The molecule has 19 heavy (non-hydrogen) atoms. The molecule has 0 amide bonds. The lowest BCUT2D eigenvalue weighted by molar-refractivity contribution is 0.0735. The van der Waals surface area contributed by atoms with Crippen LogP contribution < -0.4 is 5.32 Å². The summed E-state index contributed by atoms with van der Waals surface area (Å²) in [7, 11) is 2.36. The quantitative estimate of drug-likeness (QED) is 0.756. The highest BCUT2D eigenvalue weighted by Crippen LogP contribution is 2.29. The fraction of sp³-hybridized carbons (Fsp3) is 1.00. The van der Waals surface area contributed by atoms with Crippen LogP contribution in [-0.4, -0.2) is 37.1 Å². The molecule has 2 nitrogen and oxygen atoms in total. The van der Waals surface area contributed by atoms with E-state index in [-0.39, 0.29) is 0 Å². The Labute approximate surface area is 121 Å². The van der Waals surface area contributed by atoms with Gasteiger partial charge in [-0.3, -0.25) is 4.90 Å². The standard InChI is InChI=1S/C17H36N2/c1-13(2)11-18-12-17(14(3)4)19(6)16-10-8-7-9-15(16)5/h13-18H,7-12H2,1-6H3. The fourth-order valence-corrected chi connectivity index (χ4v) is 3.52. The van der Waals surface area contributed by atoms with E-state index in [9.17, 15) is 0 Å². The Bertz CT molecular complexity index is 237. The maximum atomic E-state index is 3.66. The molecule has 3 unspecified atom stereocenters. The first-order valence-corrected chi connectivity index (χ1v) is 8.36. The molecule has 0 saturated heterocycles. The molecule has 2 heteroatoms. The molecule has 0 radical (unpaired) electrons. The van der Waals surface area contributed by atoms with E-state index in [0.717, 1.165) is 36.9 Å². The van der Waals surface area contributed by atoms with Crippen molar-refractivity contribution >= 4 is 0 Å². The van der Waals surface area contributed by atoms with Gasteiger partial charge in [0.1, 0.15) is 0 Å². The van der Waals surface area contributed by atoms with Crippen LogP contribution in [0.5, 0.6) is 0 Å². The van der Waals surface area contributed by atoms with Crippen LogP contribution in [0.3, 0.4) is 0 Å². The monoisotopic (exact) mass is 268 g/mol. The Morgan fingerprint density at radius 2 is 1.68 bits per heavy atom. The normalized spacial score (nSPS) is 26.4. The van der Waals surface area contributed by atoms with E-state index in [1.807, 2.05) is 0 Å². The third kappa shape index (κ3) is 5.43. The smallest absolute Gasteiger partial charge is 0.0243 e. The summed E-state index contributed by atoms with van der Waals surface area (Å²) in [6.07, 6.45) is 5.66. The molecule has 0 aliphatic heterocycles. The van der Waals surface area contributed by atoms with E-state index in [4.69, 9.17) is 0 Å². The first-order valence-electron chi connectivity index (χ1n) is 8.36. The number of hydrogen-bond donors (Lipinski definition) is 1. The molecule has 1 rings (SSSR count). The van der Waals surface area contributed by atoms with Crippen LogP contribution in [0.2, 0.25) is 0 Å². The highest BCUT2D eigenvalue weighted by molar-refractivity contribution is 4.85. The van der Waals surface area contributed by atoms with Gasteiger partial charge in [-0.05, 0) is 44.2 Å². The Morgan fingerprint density at radius 3 is 2.21 bits per heavy atom. The van der Waals surface area contributed by atoms with Crippen molar-refractivity contribution in [1.82, 2.24) is 10.2 Å². The van der Waals surface area contributed by atoms with Crippen LogP contribution >= 0.6 is 0 Å². The van der Waals surface area contributed by atoms with E-state index in [1.54, 1.807) is 0 Å². The summed E-state index contributed by atoms with van der Waals surface area (Å²) in [5, 5.41) is 3.66.